The van der Waals surface area contributed by atoms with E-state index in [4.69, 9.17) is 4.52 Å². The third kappa shape index (κ3) is 3.30. The van der Waals surface area contributed by atoms with E-state index in [9.17, 15) is 4.79 Å². The Balaban J connectivity index is 1.54. The minimum atomic E-state index is 0.188. The molecule has 1 amide bonds. The zero-order valence-electron chi connectivity index (χ0n) is 13.7. The van der Waals surface area contributed by atoms with E-state index in [1.807, 2.05) is 11.8 Å². The summed E-state index contributed by atoms with van der Waals surface area (Å²) in [5, 5.41) is 3.85. The summed E-state index contributed by atoms with van der Waals surface area (Å²) < 4.78 is 5.22. The summed E-state index contributed by atoms with van der Waals surface area (Å²) in [5.41, 5.74) is 0. The van der Waals surface area contributed by atoms with E-state index >= 15 is 0 Å². The Morgan fingerprint density at radius 3 is 2.59 bits per heavy atom. The minimum absolute atomic E-state index is 0.188. The molecule has 1 aromatic rings. The molecular weight excluding hydrogens is 282 g/mol. The standard InChI is InChI=1S/C15H25N5O2/c1-11-8-18(10-15-16-12(2)17-22-15)9-14(11)20-6-4-19(5-7-20)13(3)21/h11,14H,4-10H2,1-3H3/t11-,14+/m0/s1. The molecule has 7 nitrogen and oxygen atoms in total. The number of aromatic nitrogens is 2. The predicted octanol–water partition coefficient (Wildman–Crippen LogP) is 0.362. The second kappa shape index (κ2) is 6.34. The molecule has 0 radical (unpaired) electrons. The molecular formula is C15H25N5O2. The molecule has 2 aliphatic heterocycles. The highest BCUT2D eigenvalue weighted by atomic mass is 16.5. The van der Waals surface area contributed by atoms with Crippen molar-refractivity contribution in [2.45, 2.75) is 33.4 Å². The zero-order chi connectivity index (χ0) is 15.7. The van der Waals surface area contributed by atoms with Gasteiger partial charge in [0, 0.05) is 52.2 Å². The molecule has 22 heavy (non-hydrogen) atoms. The van der Waals surface area contributed by atoms with Gasteiger partial charge in [-0.25, -0.2) is 0 Å². The first-order valence-corrected chi connectivity index (χ1v) is 8.04. The van der Waals surface area contributed by atoms with Crippen LogP contribution in [0.3, 0.4) is 0 Å². The molecule has 7 heteroatoms. The molecule has 122 valence electrons. The maximum Gasteiger partial charge on any atom is 0.240 e. The highest BCUT2D eigenvalue weighted by Gasteiger charge is 2.35. The Hall–Kier alpha value is -1.47. The van der Waals surface area contributed by atoms with Crippen LogP contribution in [-0.2, 0) is 11.3 Å². The maximum atomic E-state index is 11.4. The summed E-state index contributed by atoms with van der Waals surface area (Å²) in [6.45, 7) is 12.3. The lowest BCUT2D eigenvalue weighted by Crippen LogP contribution is -2.53. The summed E-state index contributed by atoms with van der Waals surface area (Å²) in [6, 6.07) is 0.554. The Morgan fingerprint density at radius 1 is 1.27 bits per heavy atom. The van der Waals surface area contributed by atoms with Crippen LogP contribution in [0.1, 0.15) is 25.6 Å². The molecule has 0 aliphatic carbocycles. The number of carbonyl (C=O) groups is 1. The highest BCUT2D eigenvalue weighted by Crippen LogP contribution is 2.24. The fraction of sp³-hybridized carbons (Fsp3) is 0.800. The van der Waals surface area contributed by atoms with Crippen molar-refractivity contribution in [2.24, 2.45) is 5.92 Å². The first kappa shape index (κ1) is 15.4. The Morgan fingerprint density at radius 2 is 2.00 bits per heavy atom. The van der Waals surface area contributed by atoms with Crippen LogP contribution in [-0.4, -0.2) is 76.1 Å². The Kier molecular flexibility index (Phi) is 4.44. The summed E-state index contributed by atoms with van der Waals surface area (Å²) in [5.74, 6) is 2.20. The molecule has 3 heterocycles. The van der Waals surface area contributed by atoms with E-state index < -0.39 is 0 Å². The van der Waals surface area contributed by atoms with E-state index in [0.29, 0.717) is 23.7 Å². The SMILES string of the molecule is CC(=O)N1CCN([C@@H]2CN(Cc3nc(C)no3)C[C@@H]2C)CC1. The van der Waals surface area contributed by atoms with Gasteiger partial charge in [-0.1, -0.05) is 12.1 Å². The van der Waals surface area contributed by atoms with Crippen molar-refractivity contribution in [3.8, 4) is 0 Å². The van der Waals surface area contributed by atoms with Crippen LogP contribution in [0, 0.1) is 12.8 Å². The number of piperazine rings is 1. The number of hydrogen-bond donors (Lipinski definition) is 0. The molecule has 0 spiro atoms. The van der Waals surface area contributed by atoms with Crippen LogP contribution in [0.2, 0.25) is 0 Å². The van der Waals surface area contributed by atoms with Crippen molar-refractivity contribution in [1.29, 1.82) is 0 Å². The van der Waals surface area contributed by atoms with E-state index in [2.05, 4.69) is 26.9 Å². The summed E-state index contributed by atoms with van der Waals surface area (Å²) >= 11 is 0. The van der Waals surface area contributed by atoms with E-state index in [1.54, 1.807) is 6.92 Å². The molecule has 0 unspecified atom stereocenters. The quantitative estimate of drug-likeness (QED) is 0.803. The molecule has 2 saturated heterocycles. The molecule has 0 bridgehead atoms. The number of nitrogens with zero attached hydrogens (tertiary/aromatic N) is 5. The predicted molar refractivity (Wildman–Crippen MR) is 81.1 cm³/mol. The average Bonchev–Trinajstić information content (AvgIpc) is 3.05. The van der Waals surface area contributed by atoms with Crippen LogP contribution in [0.4, 0.5) is 0 Å². The smallest absolute Gasteiger partial charge is 0.240 e. The first-order chi connectivity index (χ1) is 10.5. The van der Waals surface area contributed by atoms with E-state index in [0.717, 1.165) is 45.8 Å². The fourth-order valence-corrected chi connectivity index (χ4v) is 3.62. The van der Waals surface area contributed by atoms with Crippen molar-refractivity contribution < 1.29 is 9.32 Å². The molecule has 2 atom stereocenters. The minimum Gasteiger partial charge on any atom is -0.340 e. The van der Waals surface area contributed by atoms with Gasteiger partial charge in [-0.3, -0.25) is 14.6 Å². The number of rotatable bonds is 3. The summed E-state index contributed by atoms with van der Waals surface area (Å²) in [4.78, 5) is 22.6. The molecule has 0 aromatic carbocycles. The largest absolute Gasteiger partial charge is 0.340 e. The monoisotopic (exact) mass is 307 g/mol. The van der Waals surface area contributed by atoms with E-state index in [1.165, 1.54) is 0 Å². The van der Waals surface area contributed by atoms with Crippen LogP contribution in [0.5, 0.6) is 0 Å². The molecule has 1 aromatic heterocycles. The van der Waals surface area contributed by atoms with Gasteiger partial charge in [0.05, 0.1) is 6.54 Å². The maximum absolute atomic E-state index is 11.4. The Bertz CT molecular complexity index is 524. The lowest BCUT2D eigenvalue weighted by atomic mass is 10.0. The number of hydrogen-bond acceptors (Lipinski definition) is 6. The lowest BCUT2D eigenvalue weighted by molar-refractivity contribution is -0.130. The number of carbonyl (C=O) groups excluding carboxylic acids is 1. The van der Waals surface area contributed by atoms with Crippen LogP contribution in [0.25, 0.3) is 0 Å². The van der Waals surface area contributed by atoms with Crippen molar-refractivity contribution in [3.05, 3.63) is 11.7 Å². The third-order valence-corrected chi connectivity index (χ3v) is 4.81. The molecule has 0 N–H and O–H groups in total. The van der Waals surface area contributed by atoms with Gasteiger partial charge in [0.2, 0.25) is 11.8 Å². The van der Waals surface area contributed by atoms with Gasteiger partial charge in [-0.2, -0.15) is 4.98 Å². The van der Waals surface area contributed by atoms with Crippen molar-refractivity contribution in [3.63, 3.8) is 0 Å². The van der Waals surface area contributed by atoms with Gasteiger partial charge in [-0.05, 0) is 12.8 Å². The third-order valence-electron chi connectivity index (χ3n) is 4.81. The molecule has 2 aliphatic rings. The van der Waals surface area contributed by atoms with Gasteiger partial charge in [0.25, 0.3) is 0 Å². The molecule has 2 fully saturated rings. The van der Waals surface area contributed by atoms with Gasteiger partial charge < -0.3 is 9.42 Å². The van der Waals surface area contributed by atoms with Crippen molar-refractivity contribution in [2.75, 3.05) is 39.3 Å². The van der Waals surface area contributed by atoms with E-state index in [-0.39, 0.29) is 5.91 Å². The number of likely N-dealkylation sites (tertiary alicyclic amines) is 1. The number of amides is 1. The summed E-state index contributed by atoms with van der Waals surface area (Å²) in [7, 11) is 0. The second-order valence-electron chi connectivity index (χ2n) is 6.52. The van der Waals surface area contributed by atoms with Crippen molar-refractivity contribution >= 4 is 5.91 Å². The molecule has 0 saturated carbocycles. The average molecular weight is 307 g/mol. The van der Waals surface area contributed by atoms with Crippen LogP contribution >= 0.6 is 0 Å². The van der Waals surface area contributed by atoms with Crippen molar-refractivity contribution in [1.82, 2.24) is 24.8 Å². The fourth-order valence-electron chi connectivity index (χ4n) is 3.62. The topological polar surface area (TPSA) is 65.7 Å². The van der Waals surface area contributed by atoms with Crippen LogP contribution in [0.15, 0.2) is 4.52 Å². The highest BCUT2D eigenvalue weighted by molar-refractivity contribution is 5.73. The van der Waals surface area contributed by atoms with Gasteiger partial charge >= 0.3 is 0 Å². The summed E-state index contributed by atoms with van der Waals surface area (Å²) in [6.07, 6.45) is 0. The second-order valence-corrected chi connectivity index (χ2v) is 6.52. The van der Waals surface area contributed by atoms with Gasteiger partial charge in [0.15, 0.2) is 5.82 Å². The lowest BCUT2D eigenvalue weighted by Gasteiger charge is -2.39. The normalized spacial score (nSPS) is 27.5. The van der Waals surface area contributed by atoms with Gasteiger partial charge in [-0.15, -0.1) is 0 Å². The van der Waals surface area contributed by atoms with Crippen LogP contribution < -0.4 is 0 Å². The van der Waals surface area contributed by atoms with Gasteiger partial charge in [0.1, 0.15) is 0 Å². The Labute approximate surface area is 131 Å². The number of aryl methyl sites for hydroxylation is 1. The zero-order valence-corrected chi connectivity index (χ0v) is 13.7. The first-order valence-electron chi connectivity index (χ1n) is 8.04. The molecule has 3 rings (SSSR count).